The van der Waals surface area contributed by atoms with Gasteiger partial charge in [-0.3, -0.25) is 0 Å². The van der Waals surface area contributed by atoms with Gasteiger partial charge < -0.3 is 4.90 Å². The summed E-state index contributed by atoms with van der Waals surface area (Å²) in [6, 6.07) is 4.39. The van der Waals surface area contributed by atoms with Gasteiger partial charge in [0.25, 0.3) is 0 Å². The molecule has 1 aliphatic carbocycles. The Balaban J connectivity index is 2.31. The third-order valence-corrected chi connectivity index (χ3v) is 3.73. The monoisotopic (exact) mass is 233 g/mol. The van der Waals surface area contributed by atoms with E-state index in [2.05, 4.69) is 24.0 Å². The minimum absolute atomic E-state index is 0.578. The van der Waals surface area contributed by atoms with Crippen LogP contribution in [0.15, 0.2) is 0 Å². The Labute approximate surface area is 105 Å². The van der Waals surface area contributed by atoms with Crippen molar-refractivity contribution in [3.05, 3.63) is 0 Å². The highest BCUT2D eigenvalue weighted by atomic mass is 15.1. The van der Waals surface area contributed by atoms with Gasteiger partial charge in [0.05, 0.1) is 12.1 Å². The fraction of sp³-hybridized carbons (Fsp3) is 0.857. The first-order chi connectivity index (χ1) is 8.26. The van der Waals surface area contributed by atoms with Gasteiger partial charge in [-0.05, 0) is 24.7 Å². The van der Waals surface area contributed by atoms with E-state index in [9.17, 15) is 0 Å². The molecule has 0 saturated heterocycles. The second-order valence-electron chi connectivity index (χ2n) is 5.24. The van der Waals surface area contributed by atoms with E-state index in [0.29, 0.717) is 12.8 Å². The zero-order valence-electron chi connectivity index (χ0n) is 10.9. The molecular weight excluding hydrogens is 210 g/mol. The maximum absolute atomic E-state index is 8.64. The molecule has 3 heteroatoms. The second kappa shape index (κ2) is 8.09. The van der Waals surface area contributed by atoms with Crippen LogP contribution in [0.3, 0.4) is 0 Å². The Kier molecular flexibility index (Phi) is 6.67. The molecule has 0 aromatic carbocycles. The molecule has 1 fully saturated rings. The lowest BCUT2D eigenvalue weighted by molar-refractivity contribution is 0.189. The summed E-state index contributed by atoms with van der Waals surface area (Å²) < 4.78 is 0. The van der Waals surface area contributed by atoms with E-state index in [0.717, 1.165) is 31.5 Å². The summed E-state index contributed by atoms with van der Waals surface area (Å²) >= 11 is 0. The highest BCUT2D eigenvalue weighted by molar-refractivity contribution is 4.79. The van der Waals surface area contributed by atoms with Crippen LogP contribution in [0.5, 0.6) is 0 Å². The van der Waals surface area contributed by atoms with Crippen LogP contribution in [0.25, 0.3) is 0 Å². The quantitative estimate of drug-likeness (QED) is 0.708. The Bertz CT molecular complexity index is 261. The van der Waals surface area contributed by atoms with Crippen LogP contribution in [0, 0.1) is 34.5 Å². The number of nitriles is 2. The number of hydrogen-bond donors (Lipinski definition) is 0. The van der Waals surface area contributed by atoms with Gasteiger partial charge >= 0.3 is 0 Å². The van der Waals surface area contributed by atoms with E-state index in [1.54, 1.807) is 0 Å². The summed E-state index contributed by atoms with van der Waals surface area (Å²) in [6.45, 7) is 5.06. The molecule has 0 atom stereocenters. The highest BCUT2D eigenvalue weighted by Gasteiger charge is 2.20. The van der Waals surface area contributed by atoms with Crippen LogP contribution in [-0.4, -0.2) is 24.5 Å². The molecule has 0 bridgehead atoms. The smallest absolute Gasteiger partial charge is 0.0635 e. The van der Waals surface area contributed by atoms with Gasteiger partial charge in [0.1, 0.15) is 0 Å². The van der Waals surface area contributed by atoms with Crippen LogP contribution < -0.4 is 0 Å². The predicted molar refractivity (Wildman–Crippen MR) is 68.0 cm³/mol. The first-order valence-electron chi connectivity index (χ1n) is 6.72. The van der Waals surface area contributed by atoms with Gasteiger partial charge in [-0.15, -0.1) is 0 Å². The van der Waals surface area contributed by atoms with E-state index in [1.807, 2.05) is 0 Å². The summed E-state index contributed by atoms with van der Waals surface area (Å²) in [7, 11) is 0. The molecule has 1 rings (SSSR count). The van der Waals surface area contributed by atoms with Crippen molar-refractivity contribution >= 4 is 0 Å². The molecule has 1 aliphatic rings. The molecular formula is C14H23N3. The average Bonchev–Trinajstić information content (AvgIpc) is 2.35. The zero-order chi connectivity index (χ0) is 12.5. The third kappa shape index (κ3) is 5.71. The lowest BCUT2D eigenvalue weighted by atomic mass is 9.83. The van der Waals surface area contributed by atoms with Crippen molar-refractivity contribution in [1.82, 2.24) is 4.90 Å². The maximum Gasteiger partial charge on any atom is 0.0635 e. The van der Waals surface area contributed by atoms with Gasteiger partial charge in [0.2, 0.25) is 0 Å². The molecule has 94 valence electrons. The highest BCUT2D eigenvalue weighted by Crippen LogP contribution is 2.28. The summed E-state index contributed by atoms with van der Waals surface area (Å²) in [5.74, 6) is 1.67. The SMILES string of the molecule is C[C@H]1CC[C@H](CN(CCC#N)CCC#N)CC1. The van der Waals surface area contributed by atoms with Gasteiger partial charge in [0, 0.05) is 32.5 Å². The number of hydrogen-bond acceptors (Lipinski definition) is 3. The first-order valence-corrected chi connectivity index (χ1v) is 6.72. The predicted octanol–water partition coefficient (Wildman–Crippen LogP) is 2.94. The minimum Gasteiger partial charge on any atom is -0.301 e. The van der Waals surface area contributed by atoms with Gasteiger partial charge in [-0.25, -0.2) is 0 Å². The molecule has 3 nitrogen and oxygen atoms in total. The van der Waals surface area contributed by atoms with Crippen molar-refractivity contribution in [2.75, 3.05) is 19.6 Å². The molecule has 17 heavy (non-hydrogen) atoms. The molecule has 0 spiro atoms. The standard InChI is InChI=1S/C14H23N3/c1-13-4-6-14(7-5-13)12-17(10-2-8-15)11-3-9-16/h13-14H,2-7,10-12H2,1H3/t13-,14-. The minimum atomic E-state index is 0.578. The van der Waals surface area contributed by atoms with E-state index < -0.39 is 0 Å². The summed E-state index contributed by atoms with van der Waals surface area (Å²) in [6.07, 6.45) is 6.47. The van der Waals surface area contributed by atoms with Gasteiger partial charge in [0.15, 0.2) is 0 Å². The van der Waals surface area contributed by atoms with Crippen molar-refractivity contribution in [2.24, 2.45) is 11.8 Å². The van der Waals surface area contributed by atoms with Crippen molar-refractivity contribution in [1.29, 1.82) is 10.5 Å². The van der Waals surface area contributed by atoms with E-state index in [-0.39, 0.29) is 0 Å². The molecule has 0 N–H and O–H groups in total. The largest absolute Gasteiger partial charge is 0.301 e. The van der Waals surface area contributed by atoms with Crippen molar-refractivity contribution < 1.29 is 0 Å². The molecule has 0 heterocycles. The van der Waals surface area contributed by atoms with Crippen LogP contribution in [0.2, 0.25) is 0 Å². The zero-order valence-corrected chi connectivity index (χ0v) is 10.9. The third-order valence-electron chi connectivity index (χ3n) is 3.73. The molecule has 0 aliphatic heterocycles. The van der Waals surface area contributed by atoms with Crippen LogP contribution >= 0.6 is 0 Å². The lowest BCUT2D eigenvalue weighted by Crippen LogP contribution is -2.32. The Morgan fingerprint density at radius 3 is 2.00 bits per heavy atom. The van der Waals surface area contributed by atoms with Crippen molar-refractivity contribution in [3.8, 4) is 12.1 Å². The van der Waals surface area contributed by atoms with Crippen LogP contribution in [-0.2, 0) is 0 Å². The number of rotatable bonds is 6. The average molecular weight is 233 g/mol. The van der Waals surface area contributed by atoms with Crippen molar-refractivity contribution in [2.45, 2.75) is 45.4 Å². The first kappa shape index (κ1) is 14.0. The fourth-order valence-electron chi connectivity index (χ4n) is 2.59. The van der Waals surface area contributed by atoms with Crippen LogP contribution in [0.1, 0.15) is 45.4 Å². The summed E-state index contributed by atoms with van der Waals surface area (Å²) in [4.78, 5) is 2.30. The van der Waals surface area contributed by atoms with E-state index in [1.165, 1.54) is 25.7 Å². The molecule has 0 aromatic heterocycles. The molecule has 0 aromatic rings. The topological polar surface area (TPSA) is 50.8 Å². The van der Waals surface area contributed by atoms with Crippen LogP contribution in [0.4, 0.5) is 0 Å². The number of nitrogens with zero attached hydrogens (tertiary/aromatic N) is 3. The summed E-state index contributed by atoms with van der Waals surface area (Å²) in [5.41, 5.74) is 0. The van der Waals surface area contributed by atoms with Gasteiger partial charge in [-0.2, -0.15) is 10.5 Å². The summed E-state index contributed by atoms with van der Waals surface area (Å²) in [5, 5.41) is 17.3. The molecule has 0 unspecified atom stereocenters. The fourth-order valence-corrected chi connectivity index (χ4v) is 2.59. The maximum atomic E-state index is 8.64. The molecule has 0 amide bonds. The van der Waals surface area contributed by atoms with Crippen molar-refractivity contribution in [3.63, 3.8) is 0 Å². The molecule has 1 saturated carbocycles. The van der Waals surface area contributed by atoms with E-state index in [4.69, 9.17) is 10.5 Å². The second-order valence-corrected chi connectivity index (χ2v) is 5.24. The Morgan fingerprint density at radius 1 is 1.00 bits per heavy atom. The lowest BCUT2D eigenvalue weighted by Gasteiger charge is -2.31. The van der Waals surface area contributed by atoms with Gasteiger partial charge in [-0.1, -0.05) is 19.8 Å². The molecule has 0 radical (unpaired) electrons. The normalized spacial score (nSPS) is 24.2. The Morgan fingerprint density at radius 2 is 1.53 bits per heavy atom. The Hall–Kier alpha value is -1.06. The van der Waals surface area contributed by atoms with E-state index >= 15 is 0 Å².